The Balaban J connectivity index is 1.70. The highest BCUT2D eigenvalue weighted by Gasteiger charge is 2.37. The van der Waals surface area contributed by atoms with Gasteiger partial charge in [-0.15, -0.1) is 0 Å². The summed E-state index contributed by atoms with van der Waals surface area (Å²) in [7, 11) is 0. The summed E-state index contributed by atoms with van der Waals surface area (Å²) in [5.41, 5.74) is 0.820. The molecule has 0 saturated carbocycles. The van der Waals surface area contributed by atoms with Crippen LogP contribution in [0, 0.1) is 5.92 Å². The van der Waals surface area contributed by atoms with E-state index in [-0.39, 0.29) is 23.8 Å². The molecule has 0 N–H and O–H groups in total. The number of amides is 2. The predicted octanol–water partition coefficient (Wildman–Crippen LogP) is 1.76. The number of carbonyl (C=O) groups excluding carboxylic acids is 2. The molecule has 3 heterocycles. The summed E-state index contributed by atoms with van der Waals surface area (Å²) in [4.78, 5) is 28.3. The molecule has 2 saturated heterocycles. The predicted molar refractivity (Wildman–Crippen MR) is 79.7 cm³/mol. The minimum absolute atomic E-state index is 0.0109. The fraction of sp³-hybridized carbons (Fsp3) is 0.562. The molecular formula is C16H21N3O3. The molecule has 0 bridgehead atoms. The van der Waals surface area contributed by atoms with E-state index in [0.29, 0.717) is 13.1 Å². The van der Waals surface area contributed by atoms with E-state index in [9.17, 15) is 9.59 Å². The molecule has 22 heavy (non-hydrogen) atoms. The summed E-state index contributed by atoms with van der Waals surface area (Å²) >= 11 is 0. The zero-order chi connectivity index (χ0) is 15.5. The lowest BCUT2D eigenvalue weighted by Crippen LogP contribution is -2.46. The molecule has 0 spiro atoms. The first-order chi connectivity index (χ1) is 10.7. The maximum absolute atomic E-state index is 12.9. The van der Waals surface area contributed by atoms with Gasteiger partial charge in [0.25, 0.3) is 0 Å². The summed E-state index contributed by atoms with van der Waals surface area (Å²) in [6.07, 6.45) is 6.45. The molecule has 118 valence electrons. The number of carbonyl (C=O) groups is 2. The van der Waals surface area contributed by atoms with Crippen molar-refractivity contribution in [3.05, 3.63) is 30.7 Å². The normalized spacial score (nSPS) is 25.3. The van der Waals surface area contributed by atoms with Crippen LogP contribution in [0.5, 0.6) is 0 Å². The molecule has 3 rings (SSSR count). The maximum atomic E-state index is 12.9. The summed E-state index contributed by atoms with van der Waals surface area (Å²) in [6, 6.07) is 1.83. The van der Waals surface area contributed by atoms with Crippen LogP contribution < -0.4 is 0 Å². The fourth-order valence-corrected chi connectivity index (χ4v) is 3.47. The van der Waals surface area contributed by atoms with Crippen molar-refractivity contribution in [2.45, 2.75) is 31.7 Å². The monoisotopic (exact) mass is 303 g/mol. The van der Waals surface area contributed by atoms with Gasteiger partial charge in [0.05, 0.1) is 12.0 Å². The van der Waals surface area contributed by atoms with Crippen LogP contribution in [0.15, 0.2) is 29.5 Å². The van der Waals surface area contributed by atoms with E-state index in [1.807, 2.05) is 11.0 Å². The zero-order valence-corrected chi connectivity index (χ0v) is 12.6. The largest absolute Gasteiger partial charge is 0.364 e. The molecule has 2 aliphatic rings. The van der Waals surface area contributed by atoms with Gasteiger partial charge in [0, 0.05) is 25.7 Å². The SMILES string of the molecule is C=CC(=O)N1CCCC(C(=O)N2CCC[C@H]2c2ccon2)C1. The molecule has 2 amide bonds. The number of nitrogens with zero attached hydrogens (tertiary/aromatic N) is 3. The smallest absolute Gasteiger partial charge is 0.245 e. The van der Waals surface area contributed by atoms with E-state index >= 15 is 0 Å². The highest BCUT2D eigenvalue weighted by atomic mass is 16.5. The van der Waals surface area contributed by atoms with Crippen LogP contribution in [0.1, 0.15) is 37.4 Å². The van der Waals surface area contributed by atoms with E-state index in [4.69, 9.17) is 4.52 Å². The Kier molecular flexibility index (Phi) is 4.27. The van der Waals surface area contributed by atoms with Crippen molar-refractivity contribution in [2.24, 2.45) is 5.92 Å². The van der Waals surface area contributed by atoms with E-state index in [1.165, 1.54) is 6.08 Å². The lowest BCUT2D eigenvalue weighted by atomic mass is 9.96. The second-order valence-corrected chi connectivity index (χ2v) is 5.94. The van der Waals surface area contributed by atoms with Gasteiger partial charge >= 0.3 is 0 Å². The van der Waals surface area contributed by atoms with Crippen LogP contribution in [0.4, 0.5) is 0 Å². The van der Waals surface area contributed by atoms with Crippen molar-refractivity contribution in [1.82, 2.24) is 15.0 Å². The lowest BCUT2D eigenvalue weighted by Gasteiger charge is -2.34. The summed E-state index contributed by atoms with van der Waals surface area (Å²) < 4.78 is 4.91. The van der Waals surface area contributed by atoms with Crippen LogP contribution in [0.2, 0.25) is 0 Å². The third kappa shape index (κ3) is 2.77. The Hall–Kier alpha value is -2.11. The molecular weight excluding hydrogens is 282 g/mol. The number of rotatable bonds is 3. The molecule has 6 nitrogen and oxygen atoms in total. The van der Waals surface area contributed by atoms with Crippen LogP contribution in [-0.4, -0.2) is 46.4 Å². The molecule has 2 atom stereocenters. The Morgan fingerprint density at radius 2 is 2.14 bits per heavy atom. The van der Waals surface area contributed by atoms with Crippen molar-refractivity contribution >= 4 is 11.8 Å². The van der Waals surface area contributed by atoms with Gasteiger partial charge in [-0.1, -0.05) is 11.7 Å². The average Bonchev–Trinajstić information content (AvgIpc) is 3.23. The topological polar surface area (TPSA) is 66.7 Å². The van der Waals surface area contributed by atoms with Crippen molar-refractivity contribution in [3.8, 4) is 0 Å². The Morgan fingerprint density at radius 1 is 1.32 bits per heavy atom. The van der Waals surface area contributed by atoms with Gasteiger partial charge < -0.3 is 14.3 Å². The molecule has 0 radical (unpaired) electrons. The quantitative estimate of drug-likeness (QED) is 0.798. The maximum Gasteiger partial charge on any atom is 0.245 e. The van der Waals surface area contributed by atoms with Gasteiger partial charge in [-0.2, -0.15) is 0 Å². The number of hydrogen-bond acceptors (Lipinski definition) is 4. The highest BCUT2D eigenvalue weighted by molar-refractivity contribution is 5.88. The first kappa shape index (κ1) is 14.8. The number of hydrogen-bond donors (Lipinski definition) is 0. The van der Waals surface area contributed by atoms with E-state index in [2.05, 4.69) is 11.7 Å². The standard InChI is InChI=1S/C16H21N3O3/c1-2-15(20)18-8-3-5-12(11-18)16(21)19-9-4-6-14(19)13-7-10-22-17-13/h2,7,10,12,14H,1,3-6,8-9,11H2/t12?,14-/m0/s1. The summed E-state index contributed by atoms with van der Waals surface area (Å²) in [5, 5.41) is 3.99. The van der Waals surface area contributed by atoms with Crippen LogP contribution >= 0.6 is 0 Å². The van der Waals surface area contributed by atoms with Gasteiger partial charge in [-0.25, -0.2) is 0 Å². The minimum Gasteiger partial charge on any atom is -0.364 e. The third-order valence-electron chi connectivity index (χ3n) is 4.59. The molecule has 1 unspecified atom stereocenters. The fourth-order valence-electron chi connectivity index (χ4n) is 3.47. The van der Waals surface area contributed by atoms with Gasteiger partial charge in [-0.05, 0) is 31.8 Å². The molecule has 1 aromatic heterocycles. The summed E-state index contributed by atoms with van der Waals surface area (Å²) in [6.45, 7) is 5.48. The van der Waals surface area contributed by atoms with Crippen LogP contribution in [-0.2, 0) is 9.59 Å². The lowest BCUT2D eigenvalue weighted by molar-refractivity contribution is -0.140. The molecule has 0 aliphatic carbocycles. The average molecular weight is 303 g/mol. The van der Waals surface area contributed by atoms with E-state index < -0.39 is 0 Å². The van der Waals surface area contributed by atoms with Crippen molar-refractivity contribution in [2.75, 3.05) is 19.6 Å². The van der Waals surface area contributed by atoms with Crippen molar-refractivity contribution in [3.63, 3.8) is 0 Å². The van der Waals surface area contributed by atoms with Crippen molar-refractivity contribution < 1.29 is 14.1 Å². The van der Waals surface area contributed by atoms with Gasteiger partial charge in [0.1, 0.15) is 12.0 Å². The highest BCUT2D eigenvalue weighted by Crippen LogP contribution is 2.33. The minimum atomic E-state index is -0.120. The molecule has 2 aliphatic heterocycles. The second-order valence-electron chi connectivity index (χ2n) is 5.94. The third-order valence-corrected chi connectivity index (χ3v) is 4.59. The first-order valence-corrected chi connectivity index (χ1v) is 7.83. The number of aromatic nitrogens is 1. The van der Waals surface area contributed by atoms with Crippen LogP contribution in [0.3, 0.4) is 0 Å². The molecule has 6 heteroatoms. The number of piperidine rings is 1. The Labute approximate surface area is 129 Å². The van der Waals surface area contributed by atoms with E-state index in [0.717, 1.165) is 37.9 Å². The van der Waals surface area contributed by atoms with Crippen molar-refractivity contribution in [1.29, 1.82) is 0 Å². The second kappa shape index (κ2) is 6.34. The molecule has 0 aromatic carbocycles. The Morgan fingerprint density at radius 3 is 2.86 bits per heavy atom. The van der Waals surface area contributed by atoms with Gasteiger partial charge in [-0.3, -0.25) is 9.59 Å². The van der Waals surface area contributed by atoms with Gasteiger partial charge in [0.15, 0.2) is 0 Å². The zero-order valence-electron chi connectivity index (χ0n) is 12.6. The van der Waals surface area contributed by atoms with Crippen LogP contribution in [0.25, 0.3) is 0 Å². The van der Waals surface area contributed by atoms with Gasteiger partial charge in [0.2, 0.25) is 11.8 Å². The first-order valence-electron chi connectivity index (χ1n) is 7.83. The number of likely N-dealkylation sites (tertiary alicyclic amines) is 2. The molecule has 2 fully saturated rings. The molecule has 1 aromatic rings. The van der Waals surface area contributed by atoms with E-state index in [1.54, 1.807) is 11.2 Å². The summed E-state index contributed by atoms with van der Waals surface area (Å²) in [5.74, 6) is -0.0795. The Bertz CT molecular complexity index is 555.